The number of aliphatic imine (C=N–C) groups is 1. The van der Waals surface area contributed by atoms with Crippen LogP contribution in [-0.2, 0) is 15.9 Å². The minimum absolute atomic E-state index is 0.548. The van der Waals surface area contributed by atoms with Crippen molar-refractivity contribution >= 4 is 5.96 Å². The van der Waals surface area contributed by atoms with Crippen LogP contribution in [0.2, 0.25) is 0 Å². The zero-order chi connectivity index (χ0) is 18.6. The lowest BCUT2D eigenvalue weighted by Gasteiger charge is -2.25. The fourth-order valence-electron chi connectivity index (χ4n) is 3.67. The molecule has 0 aromatic carbocycles. The van der Waals surface area contributed by atoms with Crippen molar-refractivity contribution in [3.05, 3.63) is 24.2 Å². The molecule has 1 aliphatic carbocycles. The van der Waals surface area contributed by atoms with E-state index in [1.54, 1.807) is 6.26 Å². The van der Waals surface area contributed by atoms with E-state index in [0.717, 1.165) is 70.5 Å². The van der Waals surface area contributed by atoms with Crippen LogP contribution in [-0.4, -0.2) is 51.5 Å². The van der Waals surface area contributed by atoms with E-state index >= 15 is 0 Å². The van der Waals surface area contributed by atoms with Gasteiger partial charge in [-0.1, -0.05) is 19.3 Å². The zero-order valence-electron chi connectivity index (χ0n) is 16.5. The molecule has 2 aliphatic rings. The Balaban J connectivity index is 1.36. The van der Waals surface area contributed by atoms with E-state index in [-0.39, 0.29) is 0 Å². The Morgan fingerprint density at radius 3 is 2.93 bits per heavy atom. The first kappa shape index (κ1) is 20.2. The third-order valence-corrected chi connectivity index (χ3v) is 5.28. The molecule has 3 rings (SSSR count). The molecule has 0 spiro atoms. The van der Waals surface area contributed by atoms with Gasteiger partial charge in [-0.2, -0.15) is 0 Å². The fraction of sp³-hybridized carbons (Fsp3) is 0.762. The average molecular weight is 378 g/mol. The second kappa shape index (κ2) is 12.0. The summed E-state index contributed by atoms with van der Waals surface area (Å²) in [5.74, 6) is 2.52. The predicted octanol–water partition coefficient (Wildman–Crippen LogP) is 3.13. The first-order chi connectivity index (χ1) is 13.4. The molecule has 6 heteroatoms. The molecule has 1 aromatic heterocycles. The second-order valence-corrected chi connectivity index (χ2v) is 7.62. The first-order valence-corrected chi connectivity index (χ1v) is 10.6. The Morgan fingerprint density at radius 2 is 2.15 bits per heavy atom. The van der Waals surface area contributed by atoms with E-state index < -0.39 is 0 Å². The lowest BCUT2D eigenvalue weighted by atomic mass is 9.96. The second-order valence-electron chi connectivity index (χ2n) is 7.62. The Bertz CT molecular complexity index is 521. The molecule has 1 saturated heterocycles. The van der Waals surface area contributed by atoms with Gasteiger partial charge in [-0.15, -0.1) is 0 Å². The summed E-state index contributed by atoms with van der Waals surface area (Å²) in [6.07, 6.45) is 11.1. The van der Waals surface area contributed by atoms with Crippen LogP contribution >= 0.6 is 0 Å². The van der Waals surface area contributed by atoms with E-state index in [2.05, 4.69) is 10.6 Å². The quantitative estimate of drug-likeness (QED) is 0.372. The number of ether oxygens (including phenoxy) is 2. The summed E-state index contributed by atoms with van der Waals surface area (Å²) in [7, 11) is 0. The van der Waals surface area contributed by atoms with Crippen molar-refractivity contribution in [1.82, 2.24) is 10.6 Å². The highest BCUT2D eigenvalue weighted by atomic mass is 16.5. The number of hydrogen-bond donors (Lipinski definition) is 2. The maximum Gasteiger partial charge on any atom is 0.191 e. The summed E-state index contributed by atoms with van der Waals surface area (Å²) in [6.45, 7) is 4.93. The Hall–Kier alpha value is -1.53. The molecule has 1 atom stereocenters. The Morgan fingerprint density at radius 1 is 1.22 bits per heavy atom. The molecule has 1 saturated carbocycles. The van der Waals surface area contributed by atoms with Gasteiger partial charge in [0.1, 0.15) is 5.76 Å². The van der Waals surface area contributed by atoms with Crippen LogP contribution in [0.15, 0.2) is 27.8 Å². The van der Waals surface area contributed by atoms with Gasteiger partial charge in [-0.05, 0) is 37.8 Å². The molecular weight excluding hydrogens is 342 g/mol. The van der Waals surface area contributed by atoms with E-state index in [1.807, 2.05) is 12.1 Å². The van der Waals surface area contributed by atoms with Crippen molar-refractivity contribution < 1.29 is 13.9 Å². The smallest absolute Gasteiger partial charge is 0.191 e. The molecule has 0 amide bonds. The minimum Gasteiger partial charge on any atom is -0.469 e. The number of hydrogen-bond acceptors (Lipinski definition) is 4. The molecule has 6 nitrogen and oxygen atoms in total. The number of guanidine groups is 1. The molecule has 2 heterocycles. The fourth-order valence-corrected chi connectivity index (χ4v) is 3.67. The van der Waals surface area contributed by atoms with Gasteiger partial charge in [0.15, 0.2) is 5.96 Å². The van der Waals surface area contributed by atoms with Gasteiger partial charge in [0, 0.05) is 44.7 Å². The molecule has 1 unspecified atom stereocenters. The van der Waals surface area contributed by atoms with Gasteiger partial charge in [-0.3, -0.25) is 4.99 Å². The molecule has 1 aliphatic heterocycles. The molecule has 2 N–H and O–H groups in total. The molecule has 1 aromatic rings. The lowest BCUT2D eigenvalue weighted by molar-refractivity contribution is 0.0893. The van der Waals surface area contributed by atoms with Crippen LogP contribution in [0.3, 0.4) is 0 Å². The van der Waals surface area contributed by atoms with Crippen molar-refractivity contribution in [2.24, 2.45) is 10.9 Å². The zero-order valence-corrected chi connectivity index (χ0v) is 16.5. The van der Waals surface area contributed by atoms with Gasteiger partial charge in [-0.25, -0.2) is 0 Å². The molecule has 2 fully saturated rings. The number of nitrogens with zero attached hydrogens (tertiary/aromatic N) is 1. The van der Waals surface area contributed by atoms with E-state index in [0.29, 0.717) is 12.0 Å². The van der Waals surface area contributed by atoms with Gasteiger partial charge >= 0.3 is 0 Å². The summed E-state index contributed by atoms with van der Waals surface area (Å²) < 4.78 is 16.6. The monoisotopic (exact) mass is 377 g/mol. The SMILES string of the molecule is c1coc(CCNC(=NCCCOCC2CCOC2)NC2CCCCC2)c1. The third kappa shape index (κ3) is 7.93. The lowest BCUT2D eigenvalue weighted by Crippen LogP contribution is -2.45. The summed E-state index contributed by atoms with van der Waals surface area (Å²) >= 11 is 0. The minimum atomic E-state index is 0.548. The number of rotatable bonds is 10. The van der Waals surface area contributed by atoms with E-state index in [9.17, 15) is 0 Å². The average Bonchev–Trinajstić information content (AvgIpc) is 3.39. The molecule has 0 radical (unpaired) electrons. The van der Waals surface area contributed by atoms with Crippen LogP contribution < -0.4 is 10.6 Å². The summed E-state index contributed by atoms with van der Waals surface area (Å²) in [5, 5.41) is 7.09. The van der Waals surface area contributed by atoms with Crippen molar-refractivity contribution in [2.45, 2.75) is 57.4 Å². The Kier molecular flexibility index (Phi) is 9.01. The normalized spacial score (nSPS) is 21.5. The van der Waals surface area contributed by atoms with Crippen LogP contribution in [0.1, 0.15) is 50.7 Å². The largest absolute Gasteiger partial charge is 0.469 e. The van der Waals surface area contributed by atoms with Crippen LogP contribution in [0.25, 0.3) is 0 Å². The van der Waals surface area contributed by atoms with E-state index in [1.165, 1.54) is 32.1 Å². The highest BCUT2D eigenvalue weighted by Gasteiger charge is 2.16. The Labute approximate surface area is 163 Å². The number of furan rings is 1. The summed E-state index contributed by atoms with van der Waals surface area (Å²) in [4.78, 5) is 4.77. The highest BCUT2D eigenvalue weighted by Crippen LogP contribution is 2.17. The molecule has 27 heavy (non-hydrogen) atoms. The van der Waals surface area contributed by atoms with Crippen molar-refractivity contribution in [3.63, 3.8) is 0 Å². The van der Waals surface area contributed by atoms with Gasteiger partial charge in [0.2, 0.25) is 0 Å². The predicted molar refractivity (Wildman–Crippen MR) is 107 cm³/mol. The van der Waals surface area contributed by atoms with Gasteiger partial charge in [0.25, 0.3) is 0 Å². The molecule has 152 valence electrons. The standard InChI is InChI=1S/C21H35N3O3/c1-2-6-19(7-3-1)24-21(23-12-9-20-8-4-14-27-20)22-11-5-13-25-16-18-10-15-26-17-18/h4,8,14,18-19H,1-3,5-7,9-13,15-17H2,(H2,22,23,24). The third-order valence-electron chi connectivity index (χ3n) is 5.28. The van der Waals surface area contributed by atoms with Crippen LogP contribution in [0, 0.1) is 5.92 Å². The van der Waals surface area contributed by atoms with Crippen molar-refractivity contribution in [3.8, 4) is 0 Å². The number of nitrogens with one attached hydrogen (secondary N) is 2. The van der Waals surface area contributed by atoms with Gasteiger partial charge < -0.3 is 24.5 Å². The maximum atomic E-state index is 5.78. The van der Waals surface area contributed by atoms with Crippen LogP contribution in [0.4, 0.5) is 0 Å². The highest BCUT2D eigenvalue weighted by molar-refractivity contribution is 5.80. The molecule has 0 bridgehead atoms. The van der Waals surface area contributed by atoms with Crippen molar-refractivity contribution in [1.29, 1.82) is 0 Å². The topological polar surface area (TPSA) is 68.0 Å². The van der Waals surface area contributed by atoms with E-state index in [4.69, 9.17) is 18.9 Å². The van der Waals surface area contributed by atoms with Crippen molar-refractivity contribution in [2.75, 3.05) is 39.5 Å². The van der Waals surface area contributed by atoms with Gasteiger partial charge in [0.05, 0.1) is 19.5 Å². The first-order valence-electron chi connectivity index (χ1n) is 10.6. The summed E-state index contributed by atoms with van der Waals surface area (Å²) in [5.41, 5.74) is 0. The molecular formula is C21H35N3O3. The van der Waals surface area contributed by atoms with Crippen LogP contribution in [0.5, 0.6) is 0 Å². The summed E-state index contributed by atoms with van der Waals surface area (Å²) in [6, 6.07) is 4.49. The maximum absolute atomic E-state index is 5.78.